The summed E-state index contributed by atoms with van der Waals surface area (Å²) in [5.41, 5.74) is -0.420. The predicted molar refractivity (Wildman–Crippen MR) is 87.0 cm³/mol. The van der Waals surface area contributed by atoms with E-state index in [-0.39, 0.29) is 11.7 Å². The summed E-state index contributed by atoms with van der Waals surface area (Å²) in [5, 5.41) is 3.54. The molecule has 1 amide bonds. The van der Waals surface area contributed by atoms with Crippen molar-refractivity contribution in [3.63, 3.8) is 0 Å². The first-order valence-corrected chi connectivity index (χ1v) is 8.60. The average Bonchev–Trinajstić information content (AvgIpc) is 2.84. The summed E-state index contributed by atoms with van der Waals surface area (Å²) in [4.78, 5) is 14.0. The molecule has 0 aromatic carbocycles. The van der Waals surface area contributed by atoms with Crippen molar-refractivity contribution in [3.8, 4) is 0 Å². The van der Waals surface area contributed by atoms with E-state index in [0.29, 0.717) is 5.92 Å². The fraction of sp³-hybridized carbons (Fsp3) is 0.941. The van der Waals surface area contributed by atoms with Crippen LogP contribution in [0, 0.1) is 5.92 Å². The van der Waals surface area contributed by atoms with Crippen molar-refractivity contribution >= 4 is 6.09 Å². The number of nitrogens with zero attached hydrogens (tertiary/aromatic N) is 1. The molecule has 0 aromatic rings. The first-order valence-electron chi connectivity index (χ1n) is 8.60. The molecule has 2 heterocycles. The standard InChI is InChI=1S/C17H32N2O3/c1-16(2,3)22-15(20)19-9-5-7-14(12-19)11-18-13-17(4)8-6-10-21-17/h14,18H,5-13H2,1-4H3. The Bertz CT molecular complexity index is 373. The van der Waals surface area contributed by atoms with E-state index >= 15 is 0 Å². The van der Waals surface area contributed by atoms with Crippen LogP contribution in [0.2, 0.25) is 0 Å². The summed E-state index contributed by atoms with van der Waals surface area (Å²) in [6.45, 7) is 12.2. The Morgan fingerprint density at radius 1 is 1.41 bits per heavy atom. The highest BCUT2D eigenvalue weighted by atomic mass is 16.6. The maximum absolute atomic E-state index is 12.2. The Morgan fingerprint density at radius 3 is 2.82 bits per heavy atom. The number of likely N-dealkylation sites (tertiary alicyclic amines) is 1. The number of nitrogens with one attached hydrogen (secondary N) is 1. The van der Waals surface area contributed by atoms with Crippen LogP contribution in [0.4, 0.5) is 4.79 Å². The molecule has 0 spiro atoms. The second-order valence-corrected chi connectivity index (χ2v) is 7.97. The third kappa shape index (κ3) is 5.43. The number of rotatable bonds is 4. The first kappa shape index (κ1) is 17.5. The van der Waals surface area contributed by atoms with E-state index in [1.54, 1.807) is 0 Å². The van der Waals surface area contributed by atoms with Crippen LogP contribution < -0.4 is 5.32 Å². The Morgan fingerprint density at radius 2 is 2.18 bits per heavy atom. The molecular weight excluding hydrogens is 280 g/mol. The molecule has 5 heteroatoms. The van der Waals surface area contributed by atoms with Crippen LogP contribution in [0.3, 0.4) is 0 Å². The van der Waals surface area contributed by atoms with Crippen molar-refractivity contribution in [2.45, 2.75) is 64.6 Å². The van der Waals surface area contributed by atoms with Gasteiger partial charge in [0.1, 0.15) is 5.60 Å². The Labute approximate surface area is 134 Å². The molecule has 2 aliphatic rings. The Kier molecular flexibility index (Phi) is 5.72. The van der Waals surface area contributed by atoms with Gasteiger partial charge in [-0.3, -0.25) is 0 Å². The molecule has 2 aliphatic heterocycles. The molecule has 2 saturated heterocycles. The fourth-order valence-corrected chi connectivity index (χ4v) is 3.24. The largest absolute Gasteiger partial charge is 0.444 e. The van der Waals surface area contributed by atoms with E-state index in [1.807, 2.05) is 25.7 Å². The van der Waals surface area contributed by atoms with Gasteiger partial charge in [0.15, 0.2) is 0 Å². The van der Waals surface area contributed by atoms with Crippen molar-refractivity contribution in [2.75, 3.05) is 32.8 Å². The van der Waals surface area contributed by atoms with Crippen LogP contribution >= 0.6 is 0 Å². The molecule has 0 saturated carbocycles. The summed E-state index contributed by atoms with van der Waals surface area (Å²) in [6.07, 6.45) is 4.34. The van der Waals surface area contributed by atoms with Crippen LogP contribution in [0.5, 0.6) is 0 Å². The molecule has 128 valence electrons. The zero-order valence-electron chi connectivity index (χ0n) is 14.6. The van der Waals surface area contributed by atoms with Gasteiger partial charge in [-0.2, -0.15) is 0 Å². The van der Waals surface area contributed by atoms with Crippen molar-refractivity contribution in [1.82, 2.24) is 10.2 Å². The molecule has 2 unspecified atom stereocenters. The summed E-state index contributed by atoms with van der Waals surface area (Å²) >= 11 is 0. The number of hydrogen-bond acceptors (Lipinski definition) is 4. The van der Waals surface area contributed by atoms with Crippen molar-refractivity contribution < 1.29 is 14.3 Å². The fourth-order valence-electron chi connectivity index (χ4n) is 3.24. The number of hydrogen-bond donors (Lipinski definition) is 1. The maximum atomic E-state index is 12.2. The minimum absolute atomic E-state index is 0.000477. The van der Waals surface area contributed by atoms with Gasteiger partial charge in [0, 0.05) is 26.2 Å². The van der Waals surface area contributed by atoms with Gasteiger partial charge in [-0.15, -0.1) is 0 Å². The van der Waals surface area contributed by atoms with E-state index in [9.17, 15) is 4.79 Å². The Hall–Kier alpha value is -0.810. The topological polar surface area (TPSA) is 50.8 Å². The van der Waals surface area contributed by atoms with Crippen LogP contribution in [0.25, 0.3) is 0 Å². The molecule has 1 N–H and O–H groups in total. The van der Waals surface area contributed by atoms with Crippen LogP contribution in [-0.4, -0.2) is 55.0 Å². The number of piperidine rings is 1. The molecule has 0 aromatic heterocycles. The lowest BCUT2D eigenvalue weighted by molar-refractivity contribution is 0.0122. The molecular formula is C17H32N2O3. The molecule has 0 radical (unpaired) electrons. The first-order chi connectivity index (χ1) is 10.3. The van der Waals surface area contributed by atoms with Crippen molar-refractivity contribution in [3.05, 3.63) is 0 Å². The van der Waals surface area contributed by atoms with Crippen LogP contribution in [0.1, 0.15) is 53.4 Å². The summed E-state index contributed by atoms with van der Waals surface area (Å²) in [7, 11) is 0. The third-order valence-corrected chi connectivity index (χ3v) is 4.40. The van der Waals surface area contributed by atoms with Crippen LogP contribution in [-0.2, 0) is 9.47 Å². The highest BCUT2D eigenvalue weighted by Crippen LogP contribution is 2.24. The summed E-state index contributed by atoms with van der Waals surface area (Å²) in [6, 6.07) is 0. The quantitative estimate of drug-likeness (QED) is 0.867. The minimum Gasteiger partial charge on any atom is -0.444 e. The Balaban J connectivity index is 1.72. The number of carbonyl (C=O) groups is 1. The molecule has 2 fully saturated rings. The number of ether oxygens (including phenoxy) is 2. The lowest BCUT2D eigenvalue weighted by atomic mass is 9.97. The average molecular weight is 312 g/mol. The lowest BCUT2D eigenvalue weighted by Gasteiger charge is -2.34. The highest BCUT2D eigenvalue weighted by Gasteiger charge is 2.31. The van der Waals surface area contributed by atoms with E-state index < -0.39 is 5.60 Å². The molecule has 2 rings (SSSR count). The normalized spacial score (nSPS) is 29.6. The van der Waals surface area contributed by atoms with Gasteiger partial charge in [-0.25, -0.2) is 4.79 Å². The minimum atomic E-state index is -0.420. The maximum Gasteiger partial charge on any atom is 0.410 e. The van der Waals surface area contributed by atoms with Gasteiger partial charge in [0.05, 0.1) is 5.60 Å². The van der Waals surface area contributed by atoms with Gasteiger partial charge >= 0.3 is 6.09 Å². The van der Waals surface area contributed by atoms with Gasteiger partial charge < -0.3 is 19.7 Å². The predicted octanol–water partition coefficient (Wildman–Crippen LogP) is 2.79. The number of amides is 1. The molecule has 5 nitrogen and oxygen atoms in total. The van der Waals surface area contributed by atoms with E-state index in [0.717, 1.165) is 52.0 Å². The number of carbonyl (C=O) groups excluding carboxylic acids is 1. The highest BCUT2D eigenvalue weighted by molar-refractivity contribution is 5.68. The zero-order chi connectivity index (χ0) is 16.2. The second-order valence-electron chi connectivity index (χ2n) is 7.97. The van der Waals surface area contributed by atoms with Gasteiger partial charge in [0.2, 0.25) is 0 Å². The van der Waals surface area contributed by atoms with Gasteiger partial charge in [-0.1, -0.05) is 0 Å². The van der Waals surface area contributed by atoms with Crippen molar-refractivity contribution in [1.29, 1.82) is 0 Å². The van der Waals surface area contributed by atoms with Gasteiger partial charge in [-0.05, 0) is 65.8 Å². The summed E-state index contributed by atoms with van der Waals surface area (Å²) < 4.78 is 11.3. The van der Waals surface area contributed by atoms with Crippen LogP contribution in [0.15, 0.2) is 0 Å². The van der Waals surface area contributed by atoms with E-state index in [2.05, 4.69) is 12.2 Å². The van der Waals surface area contributed by atoms with E-state index in [1.165, 1.54) is 6.42 Å². The smallest absolute Gasteiger partial charge is 0.410 e. The molecule has 2 atom stereocenters. The third-order valence-electron chi connectivity index (χ3n) is 4.40. The summed E-state index contributed by atoms with van der Waals surface area (Å²) in [5.74, 6) is 0.506. The van der Waals surface area contributed by atoms with E-state index in [4.69, 9.17) is 9.47 Å². The molecule has 0 aliphatic carbocycles. The second kappa shape index (κ2) is 7.18. The monoisotopic (exact) mass is 312 g/mol. The van der Waals surface area contributed by atoms with Crippen molar-refractivity contribution in [2.24, 2.45) is 5.92 Å². The van der Waals surface area contributed by atoms with Gasteiger partial charge in [0.25, 0.3) is 0 Å². The molecule has 22 heavy (non-hydrogen) atoms. The molecule has 0 bridgehead atoms. The zero-order valence-corrected chi connectivity index (χ0v) is 14.6. The lowest BCUT2D eigenvalue weighted by Crippen LogP contribution is -2.46. The SMILES string of the molecule is CC(C)(C)OC(=O)N1CCCC(CNCC2(C)CCCO2)C1.